The summed E-state index contributed by atoms with van der Waals surface area (Å²) in [5, 5.41) is 9.22. The molecule has 0 spiro atoms. The predicted octanol–water partition coefficient (Wildman–Crippen LogP) is 5.26. The van der Waals surface area contributed by atoms with Crippen LogP contribution in [0.2, 0.25) is 5.02 Å². The van der Waals surface area contributed by atoms with Crippen molar-refractivity contribution < 1.29 is 27.1 Å². The summed E-state index contributed by atoms with van der Waals surface area (Å²) in [5.74, 6) is -2.48. The van der Waals surface area contributed by atoms with Crippen LogP contribution in [0.5, 0.6) is 0 Å². The first-order valence-corrected chi connectivity index (χ1v) is 10.9. The van der Waals surface area contributed by atoms with Crippen molar-refractivity contribution in [1.29, 1.82) is 0 Å². The number of hydrogen-bond donors (Lipinski definition) is 1. The molecule has 0 amide bonds. The summed E-state index contributed by atoms with van der Waals surface area (Å²) in [7, 11) is -4.11. The monoisotopic (exact) mass is 440 g/mol. The molecule has 0 bridgehead atoms. The van der Waals surface area contributed by atoms with Gasteiger partial charge in [-0.2, -0.15) is 0 Å². The van der Waals surface area contributed by atoms with Gasteiger partial charge in [0, 0.05) is 17.0 Å². The Morgan fingerprint density at radius 1 is 1.14 bits per heavy atom. The molecule has 4 nitrogen and oxygen atoms in total. The molecule has 0 saturated carbocycles. The van der Waals surface area contributed by atoms with Crippen LogP contribution in [-0.4, -0.2) is 19.5 Å². The Labute approximate surface area is 172 Å². The minimum absolute atomic E-state index is 0.0176. The van der Waals surface area contributed by atoms with Crippen LogP contribution in [0.3, 0.4) is 0 Å². The highest BCUT2D eigenvalue weighted by atomic mass is 35.5. The molecular weight excluding hydrogens is 422 g/mol. The molecule has 154 valence electrons. The molecule has 0 saturated heterocycles. The Morgan fingerprint density at radius 2 is 1.83 bits per heavy atom. The van der Waals surface area contributed by atoms with Gasteiger partial charge in [-0.3, -0.25) is 4.79 Å². The van der Waals surface area contributed by atoms with Crippen molar-refractivity contribution in [3.63, 3.8) is 0 Å². The van der Waals surface area contributed by atoms with Gasteiger partial charge in [-0.25, -0.2) is 17.2 Å². The van der Waals surface area contributed by atoms with Crippen molar-refractivity contribution in [3.05, 3.63) is 76.3 Å². The summed E-state index contributed by atoms with van der Waals surface area (Å²) < 4.78 is 54.2. The second-order valence-corrected chi connectivity index (χ2v) is 9.73. The average molecular weight is 441 g/mol. The number of carboxylic acid groups (broad SMARTS) is 1. The Balaban J connectivity index is 2.12. The maximum atomic E-state index is 14.7. The number of benzene rings is 2. The number of allylic oxidation sites excluding steroid dienone is 2. The van der Waals surface area contributed by atoms with Crippen LogP contribution in [0.1, 0.15) is 37.7 Å². The quantitative estimate of drug-likeness (QED) is 0.622. The number of halogens is 3. The largest absolute Gasteiger partial charge is 0.481 e. The van der Waals surface area contributed by atoms with Crippen LogP contribution in [0.15, 0.2) is 59.0 Å². The topological polar surface area (TPSA) is 71.4 Å². The first kappa shape index (κ1) is 21.5. The van der Waals surface area contributed by atoms with E-state index in [1.807, 2.05) is 0 Å². The van der Waals surface area contributed by atoms with Crippen LogP contribution >= 0.6 is 11.6 Å². The molecule has 0 aromatic heterocycles. The lowest BCUT2D eigenvalue weighted by Gasteiger charge is -2.37. The lowest BCUT2D eigenvalue weighted by Crippen LogP contribution is -2.38. The molecule has 1 aliphatic carbocycles. The molecule has 1 aliphatic rings. The highest BCUT2D eigenvalue weighted by Gasteiger charge is 2.48. The first-order chi connectivity index (χ1) is 13.7. The fourth-order valence-electron chi connectivity index (χ4n) is 3.69. The summed E-state index contributed by atoms with van der Waals surface area (Å²) in [5.41, 5.74) is 0.576. The number of hydrogen-bond acceptors (Lipinski definition) is 3. The molecule has 2 aromatic rings. The van der Waals surface area contributed by atoms with Crippen molar-refractivity contribution in [2.45, 2.75) is 41.7 Å². The lowest BCUT2D eigenvalue weighted by atomic mass is 9.82. The van der Waals surface area contributed by atoms with Crippen molar-refractivity contribution >= 4 is 27.4 Å². The van der Waals surface area contributed by atoms with Gasteiger partial charge in [0.25, 0.3) is 0 Å². The van der Waals surface area contributed by atoms with Gasteiger partial charge in [-0.05, 0) is 68.1 Å². The molecule has 3 rings (SSSR count). The zero-order chi connectivity index (χ0) is 21.2. The van der Waals surface area contributed by atoms with E-state index in [1.165, 1.54) is 24.3 Å². The number of sulfone groups is 1. The van der Waals surface area contributed by atoms with Crippen molar-refractivity contribution in [3.8, 4) is 0 Å². The Bertz CT molecular complexity index is 1060. The van der Waals surface area contributed by atoms with Crippen molar-refractivity contribution in [2.75, 3.05) is 0 Å². The fraction of sp³-hybridized carbons (Fsp3) is 0.286. The normalized spacial score (nSPS) is 19.6. The van der Waals surface area contributed by atoms with Gasteiger partial charge in [0.2, 0.25) is 0 Å². The van der Waals surface area contributed by atoms with Crippen LogP contribution in [-0.2, 0) is 19.4 Å². The SMILES string of the molecule is O=C(O)CCC1=CC[C@@](c2cc(F)ccc2F)(S(=O)(=O)c2ccc(Cl)cc2)CC1. The average Bonchev–Trinajstić information content (AvgIpc) is 2.69. The number of aliphatic carboxylic acids is 1. The summed E-state index contributed by atoms with van der Waals surface area (Å²) in [6, 6.07) is 8.35. The lowest BCUT2D eigenvalue weighted by molar-refractivity contribution is -0.136. The van der Waals surface area contributed by atoms with Gasteiger partial charge in [-0.15, -0.1) is 0 Å². The molecule has 0 fully saturated rings. The van der Waals surface area contributed by atoms with E-state index in [9.17, 15) is 22.0 Å². The fourth-order valence-corrected chi connectivity index (χ4v) is 5.88. The van der Waals surface area contributed by atoms with E-state index in [2.05, 4.69) is 0 Å². The summed E-state index contributed by atoms with van der Waals surface area (Å²) >= 11 is 5.86. The van der Waals surface area contributed by atoms with Gasteiger partial charge in [0.1, 0.15) is 16.4 Å². The Hall–Kier alpha value is -2.25. The van der Waals surface area contributed by atoms with Crippen LogP contribution in [0.25, 0.3) is 0 Å². The first-order valence-electron chi connectivity index (χ1n) is 9.01. The minimum atomic E-state index is -4.11. The predicted molar refractivity (Wildman–Crippen MR) is 105 cm³/mol. The van der Waals surface area contributed by atoms with Crippen molar-refractivity contribution in [1.82, 2.24) is 0 Å². The highest BCUT2D eigenvalue weighted by Crippen LogP contribution is 2.47. The Morgan fingerprint density at radius 3 is 2.41 bits per heavy atom. The zero-order valence-corrected chi connectivity index (χ0v) is 16.9. The van der Waals surface area contributed by atoms with E-state index in [-0.39, 0.29) is 42.6 Å². The number of carboxylic acids is 1. The van der Waals surface area contributed by atoms with Crippen LogP contribution in [0.4, 0.5) is 8.78 Å². The Kier molecular flexibility index (Phi) is 6.10. The maximum Gasteiger partial charge on any atom is 0.303 e. The zero-order valence-electron chi connectivity index (χ0n) is 15.4. The van der Waals surface area contributed by atoms with Gasteiger partial charge in [0.05, 0.1) is 4.90 Å². The van der Waals surface area contributed by atoms with E-state index in [4.69, 9.17) is 16.7 Å². The molecule has 29 heavy (non-hydrogen) atoms. The van der Waals surface area contributed by atoms with Crippen molar-refractivity contribution in [2.24, 2.45) is 0 Å². The standard InChI is InChI=1S/C21H19ClF2O4S/c22-15-2-5-17(6-3-15)29(27,28)21(18-13-16(23)4-7-19(18)24)11-9-14(10-12-21)1-8-20(25)26/h2-7,9,13H,1,8,10-12H2,(H,25,26)/t21-/m1/s1. The minimum Gasteiger partial charge on any atom is -0.481 e. The molecule has 0 heterocycles. The molecule has 0 aliphatic heterocycles. The smallest absolute Gasteiger partial charge is 0.303 e. The van der Waals surface area contributed by atoms with E-state index in [0.29, 0.717) is 5.02 Å². The molecule has 1 N–H and O–H groups in total. The third-order valence-corrected chi connectivity index (χ3v) is 8.05. The van der Waals surface area contributed by atoms with E-state index in [1.54, 1.807) is 6.08 Å². The van der Waals surface area contributed by atoms with E-state index >= 15 is 0 Å². The summed E-state index contributed by atoms with van der Waals surface area (Å²) in [4.78, 5) is 10.8. The number of rotatable bonds is 6. The second kappa shape index (κ2) is 8.24. The summed E-state index contributed by atoms with van der Waals surface area (Å²) in [6.07, 6.45) is 2.08. The molecule has 1 atom stereocenters. The molecule has 8 heteroatoms. The number of carbonyl (C=O) groups is 1. The van der Waals surface area contributed by atoms with Gasteiger partial charge in [0.15, 0.2) is 9.84 Å². The third kappa shape index (κ3) is 4.21. The van der Waals surface area contributed by atoms with E-state index in [0.717, 1.165) is 23.8 Å². The molecule has 0 radical (unpaired) electrons. The van der Waals surface area contributed by atoms with Crippen LogP contribution in [0, 0.1) is 11.6 Å². The third-order valence-electron chi connectivity index (χ3n) is 5.29. The highest BCUT2D eigenvalue weighted by molar-refractivity contribution is 7.92. The van der Waals surface area contributed by atoms with E-state index < -0.39 is 32.2 Å². The summed E-state index contributed by atoms with van der Waals surface area (Å²) in [6.45, 7) is 0. The molecular formula is C21H19ClF2O4S. The van der Waals surface area contributed by atoms with Gasteiger partial charge in [-0.1, -0.05) is 23.3 Å². The second-order valence-electron chi connectivity index (χ2n) is 7.04. The van der Waals surface area contributed by atoms with Crippen LogP contribution < -0.4 is 0 Å². The molecule has 0 unspecified atom stereocenters. The maximum absolute atomic E-state index is 14.7. The van der Waals surface area contributed by atoms with Gasteiger partial charge < -0.3 is 5.11 Å². The molecule has 2 aromatic carbocycles. The van der Waals surface area contributed by atoms with Gasteiger partial charge >= 0.3 is 5.97 Å².